The van der Waals surface area contributed by atoms with E-state index in [1.165, 1.54) is 18.4 Å². The first kappa shape index (κ1) is 12.2. The van der Waals surface area contributed by atoms with Crippen LogP contribution in [0.3, 0.4) is 0 Å². The van der Waals surface area contributed by atoms with Crippen LogP contribution in [0, 0.1) is 5.92 Å². The quantitative estimate of drug-likeness (QED) is 0.631. The van der Waals surface area contributed by atoms with Crippen LogP contribution in [0.2, 0.25) is 0 Å². The van der Waals surface area contributed by atoms with Crippen LogP contribution in [0.1, 0.15) is 31.2 Å². The van der Waals surface area contributed by atoms with Gasteiger partial charge in [0.1, 0.15) is 0 Å². The summed E-state index contributed by atoms with van der Waals surface area (Å²) < 4.78 is 5.57. The van der Waals surface area contributed by atoms with Crippen LogP contribution in [0.25, 0.3) is 0 Å². The first-order chi connectivity index (χ1) is 8.87. The summed E-state index contributed by atoms with van der Waals surface area (Å²) in [7, 11) is 0. The zero-order valence-corrected chi connectivity index (χ0v) is 10.8. The summed E-state index contributed by atoms with van der Waals surface area (Å²) in [5.74, 6) is 6.62. The largest absolute Gasteiger partial charge is 0.381 e. The fourth-order valence-electron chi connectivity index (χ4n) is 3.46. The zero-order valence-electron chi connectivity index (χ0n) is 10.8. The zero-order chi connectivity index (χ0) is 12.4. The number of nitrogens with two attached hydrogens (primary N) is 1. The fourth-order valence-corrected chi connectivity index (χ4v) is 3.46. The normalized spacial score (nSPS) is 24.7. The number of benzene rings is 1. The van der Waals surface area contributed by atoms with Crippen molar-refractivity contribution in [1.82, 2.24) is 5.43 Å². The molecule has 0 spiro atoms. The van der Waals surface area contributed by atoms with Crippen LogP contribution in [0.4, 0.5) is 0 Å². The van der Waals surface area contributed by atoms with Gasteiger partial charge in [0.2, 0.25) is 0 Å². The molecule has 0 amide bonds. The van der Waals surface area contributed by atoms with Gasteiger partial charge in [0.05, 0.1) is 0 Å². The number of hydrogen-bond donors (Lipinski definition) is 2. The second-order valence-electron chi connectivity index (χ2n) is 5.62. The summed E-state index contributed by atoms with van der Waals surface area (Å²) in [5, 5.41) is 0. The fraction of sp³-hybridized carbons (Fsp3) is 0.600. The second-order valence-corrected chi connectivity index (χ2v) is 5.62. The van der Waals surface area contributed by atoms with Crippen molar-refractivity contribution in [2.45, 2.75) is 37.1 Å². The Morgan fingerprint density at radius 2 is 1.83 bits per heavy atom. The molecule has 1 aliphatic carbocycles. The molecule has 1 saturated heterocycles. The molecule has 3 nitrogen and oxygen atoms in total. The Morgan fingerprint density at radius 3 is 2.39 bits per heavy atom. The number of hydrogen-bond acceptors (Lipinski definition) is 3. The Bertz CT molecular complexity index is 383. The lowest BCUT2D eigenvalue weighted by atomic mass is 9.67. The second kappa shape index (κ2) is 5.00. The molecule has 1 atom stereocenters. The Labute approximate surface area is 109 Å². The van der Waals surface area contributed by atoms with Crippen molar-refractivity contribution in [2.75, 3.05) is 13.2 Å². The number of ether oxygens (including phenoxy) is 1. The van der Waals surface area contributed by atoms with E-state index >= 15 is 0 Å². The summed E-state index contributed by atoms with van der Waals surface area (Å²) in [6, 6.07) is 11.2. The minimum absolute atomic E-state index is 0.162. The molecule has 1 heterocycles. The smallest absolute Gasteiger partial charge is 0.0475 e. The Hall–Kier alpha value is -0.900. The van der Waals surface area contributed by atoms with Gasteiger partial charge in [-0.3, -0.25) is 11.3 Å². The van der Waals surface area contributed by atoms with Gasteiger partial charge in [-0.05, 0) is 37.2 Å². The maximum atomic E-state index is 5.88. The van der Waals surface area contributed by atoms with Crippen molar-refractivity contribution >= 4 is 0 Å². The van der Waals surface area contributed by atoms with Crippen molar-refractivity contribution in [3.8, 4) is 0 Å². The van der Waals surface area contributed by atoms with Crippen LogP contribution in [-0.2, 0) is 10.2 Å². The SMILES string of the molecule is NNC(C1CC1)C1(c2ccccc2)CCOCC1. The van der Waals surface area contributed by atoms with Crippen LogP contribution in [0.15, 0.2) is 30.3 Å². The highest BCUT2D eigenvalue weighted by molar-refractivity contribution is 5.29. The maximum absolute atomic E-state index is 5.88. The predicted octanol–water partition coefficient (Wildman–Crippen LogP) is 1.98. The molecule has 1 aromatic rings. The molecule has 3 N–H and O–H groups in total. The molecule has 1 aliphatic heterocycles. The summed E-state index contributed by atoms with van der Waals surface area (Å²) in [6.07, 6.45) is 4.76. The van der Waals surface area contributed by atoms with Gasteiger partial charge in [-0.25, -0.2) is 0 Å². The Morgan fingerprint density at radius 1 is 1.17 bits per heavy atom. The first-order valence-electron chi connectivity index (χ1n) is 6.96. The predicted molar refractivity (Wildman–Crippen MR) is 72.0 cm³/mol. The molecule has 18 heavy (non-hydrogen) atoms. The third-order valence-corrected chi connectivity index (χ3v) is 4.60. The highest BCUT2D eigenvalue weighted by atomic mass is 16.5. The van der Waals surface area contributed by atoms with Crippen LogP contribution in [-0.4, -0.2) is 19.3 Å². The lowest BCUT2D eigenvalue weighted by molar-refractivity contribution is 0.0307. The van der Waals surface area contributed by atoms with Gasteiger partial charge in [-0.1, -0.05) is 30.3 Å². The molecule has 3 heteroatoms. The van der Waals surface area contributed by atoms with Gasteiger partial charge in [-0.15, -0.1) is 0 Å². The maximum Gasteiger partial charge on any atom is 0.0475 e. The highest BCUT2D eigenvalue weighted by Gasteiger charge is 2.47. The first-order valence-corrected chi connectivity index (χ1v) is 6.96. The average Bonchev–Trinajstić information content (AvgIpc) is 3.26. The van der Waals surface area contributed by atoms with Gasteiger partial charge < -0.3 is 4.74 Å². The number of rotatable bonds is 4. The minimum Gasteiger partial charge on any atom is -0.381 e. The third-order valence-electron chi connectivity index (χ3n) is 4.60. The molecular weight excluding hydrogens is 224 g/mol. The molecule has 98 valence electrons. The van der Waals surface area contributed by atoms with Crippen molar-refractivity contribution < 1.29 is 4.74 Å². The summed E-state index contributed by atoms with van der Waals surface area (Å²) in [6.45, 7) is 1.69. The van der Waals surface area contributed by atoms with E-state index in [1.807, 2.05) is 0 Å². The van der Waals surface area contributed by atoms with Crippen LogP contribution >= 0.6 is 0 Å². The molecule has 2 aliphatic rings. The molecule has 1 saturated carbocycles. The summed E-state index contributed by atoms with van der Waals surface area (Å²) in [4.78, 5) is 0. The molecule has 2 fully saturated rings. The van der Waals surface area contributed by atoms with Crippen molar-refractivity contribution in [3.05, 3.63) is 35.9 Å². The summed E-state index contributed by atoms with van der Waals surface area (Å²) >= 11 is 0. The lowest BCUT2D eigenvalue weighted by Crippen LogP contribution is -2.55. The van der Waals surface area contributed by atoms with Crippen molar-refractivity contribution in [1.29, 1.82) is 0 Å². The number of nitrogens with one attached hydrogen (secondary N) is 1. The van der Waals surface area contributed by atoms with E-state index < -0.39 is 0 Å². The minimum atomic E-state index is 0.162. The van der Waals surface area contributed by atoms with Gasteiger partial charge in [0.15, 0.2) is 0 Å². The molecule has 1 unspecified atom stereocenters. The highest BCUT2D eigenvalue weighted by Crippen LogP contribution is 2.46. The molecule has 0 bridgehead atoms. The van der Waals surface area contributed by atoms with E-state index in [1.54, 1.807) is 0 Å². The van der Waals surface area contributed by atoms with E-state index in [9.17, 15) is 0 Å². The van der Waals surface area contributed by atoms with E-state index in [2.05, 4.69) is 35.8 Å². The Kier molecular flexibility index (Phi) is 3.37. The number of hydrazine groups is 1. The van der Waals surface area contributed by atoms with Crippen molar-refractivity contribution in [3.63, 3.8) is 0 Å². The van der Waals surface area contributed by atoms with Crippen LogP contribution < -0.4 is 11.3 Å². The van der Waals surface area contributed by atoms with Crippen molar-refractivity contribution in [2.24, 2.45) is 11.8 Å². The topological polar surface area (TPSA) is 47.3 Å². The molecule has 3 rings (SSSR count). The monoisotopic (exact) mass is 246 g/mol. The van der Waals surface area contributed by atoms with E-state index in [4.69, 9.17) is 10.6 Å². The van der Waals surface area contributed by atoms with Gasteiger partial charge in [0, 0.05) is 24.7 Å². The average molecular weight is 246 g/mol. The van der Waals surface area contributed by atoms with Gasteiger partial charge in [-0.2, -0.15) is 0 Å². The lowest BCUT2D eigenvalue weighted by Gasteiger charge is -2.44. The van der Waals surface area contributed by atoms with Gasteiger partial charge >= 0.3 is 0 Å². The molecule has 0 radical (unpaired) electrons. The molecular formula is C15H22N2O. The third kappa shape index (κ3) is 2.07. The van der Waals surface area contributed by atoms with E-state index in [0.717, 1.165) is 32.0 Å². The molecule has 1 aromatic carbocycles. The molecule has 0 aromatic heterocycles. The van der Waals surface area contributed by atoms with E-state index in [0.29, 0.717) is 6.04 Å². The van der Waals surface area contributed by atoms with Crippen LogP contribution in [0.5, 0.6) is 0 Å². The standard InChI is InChI=1S/C15H22N2O/c16-17-14(12-6-7-12)15(8-10-18-11-9-15)13-4-2-1-3-5-13/h1-5,12,14,17H,6-11,16H2. The van der Waals surface area contributed by atoms with Gasteiger partial charge in [0.25, 0.3) is 0 Å². The Balaban J connectivity index is 1.96. The van der Waals surface area contributed by atoms with E-state index in [-0.39, 0.29) is 5.41 Å². The summed E-state index contributed by atoms with van der Waals surface area (Å²) in [5.41, 5.74) is 4.70.